The van der Waals surface area contributed by atoms with Crippen LogP contribution in [0, 0.1) is 6.92 Å². The van der Waals surface area contributed by atoms with Crippen molar-refractivity contribution in [3.05, 3.63) is 33.8 Å². The number of aliphatic hydroxyl groups is 1. The molecule has 1 atom stereocenters. The fourth-order valence-corrected chi connectivity index (χ4v) is 1.91. The van der Waals surface area contributed by atoms with Crippen LogP contribution in [-0.2, 0) is 0 Å². The second kappa shape index (κ2) is 4.74. The number of halogens is 1. The minimum absolute atomic E-state index is 0.443. The summed E-state index contributed by atoms with van der Waals surface area (Å²) in [5.74, 6) is 0. The molecule has 0 saturated carbocycles. The molecule has 0 aromatic heterocycles. The van der Waals surface area contributed by atoms with Crippen molar-refractivity contribution >= 4 is 15.9 Å². The predicted molar refractivity (Wildman–Crippen MR) is 57.5 cm³/mol. The van der Waals surface area contributed by atoms with Crippen molar-refractivity contribution in [2.24, 2.45) is 5.73 Å². The van der Waals surface area contributed by atoms with Crippen molar-refractivity contribution in [1.82, 2.24) is 0 Å². The van der Waals surface area contributed by atoms with Gasteiger partial charge in [-0.3, -0.25) is 0 Å². The van der Waals surface area contributed by atoms with Gasteiger partial charge >= 0.3 is 0 Å². The maximum atomic E-state index is 9.67. The van der Waals surface area contributed by atoms with E-state index in [0.29, 0.717) is 13.0 Å². The molecular weight excluding hydrogens is 230 g/mol. The molecule has 0 amide bonds. The van der Waals surface area contributed by atoms with Gasteiger partial charge in [-0.2, -0.15) is 0 Å². The summed E-state index contributed by atoms with van der Waals surface area (Å²) in [5.41, 5.74) is 7.44. The lowest BCUT2D eigenvalue weighted by Gasteiger charge is -2.10. The Morgan fingerprint density at radius 3 is 2.69 bits per heavy atom. The first-order valence-electron chi connectivity index (χ1n) is 4.28. The largest absolute Gasteiger partial charge is 0.388 e. The first kappa shape index (κ1) is 10.7. The molecule has 0 heterocycles. The summed E-state index contributed by atoms with van der Waals surface area (Å²) in [4.78, 5) is 0. The Labute approximate surface area is 86.9 Å². The van der Waals surface area contributed by atoms with Gasteiger partial charge in [0.25, 0.3) is 0 Å². The highest BCUT2D eigenvalue weighted by Gasteiger charge is 2.06. The predicted octanol–water partition coefficient (Wildman–Crippen LogP) is 2.14. The highest BCUT2D eigenvalue weighted by Crippen LogP contribution is 2.22. The normalized spacial score (nSPS) is 12.9. The third kappa shape index (κ3) is 3.10. The summed E-state index contributed by atoms with van der Waals surface area (Å²) < 4.78 is 0.999. The average Bonchev–Trinajstić information content (AvgIpc) is 2.03. The monoisotopic (exact) mass is 243 g/mol. The number of nitrogens with two attached hydrogens (primary N) is 1. The zero-order valence-electron chi connectivity index (χ0n) is 7.63. The molecule has 0 saturated heterocycles. The van der Waals surface area contributed by atoms with Crippen LogP contribution < -0.4 is 5.73 Å². The molecule has 2 nitrogen and oxygen atoms in total. The Morgan fingerprint density at radius 1 is 1.46 bits per heavy atom. The molecule has 0 aliphatic rings. The van der Waals surface area contributed by atoms with E-state index in [-0.39, 0.29) is 0 Å². The molecule has 0 bridgehead atoms. The lowest BCUT2D eigenvalue weighted by Crippen LogP contribution is -2.06. The fraction of sp³-hybridized carbons (Fsp3) is 0.400. The van der Waals surface area contributed by atoms with Crippen molar-refractivity contribution in [2.75, 3.05) is 6.54 Å². The first-order valence-corrected chi connectivity index (χ1v) is 5.08. The topological polar surface area (TPSA) is 46.2 Å². The highest BCUT2D eigenvalue weighted by atomic mass is 79.9. The summed E-state index contributed by atoms with van der Waals surface area (Å²) >= 11 is 3.39. The number of rotatable bonds is 3. The van der Waals surface area contributed by atoms with Crippen molar-refractivity contribution in [2.45, 2.75) is 19.4 Å². The van der Waals surface area contributed by atoms with Gasteiger partial charge in [-0.1, -0.05) is 22.0 Å². The summed E-state index contributed by atoms with van der Waals surface area (Å²) in [7, 11) is 0. The van der Waals surface area contributed by atoms with Gasteiger partial charge in [-0.15, -0.1) is 0 Å². The van der Waals surface area contributed by atoms with Gasteiger partial charge in [0.2, 0.25) is 0 Å². The average molecular weight is 244 g/mol. The molecule has 0 aliphatic heterocycles. The van der Waals surface area contributed by atoms with Crippen LogP contribution >= 0.6 is 15.9 Å². The zero-order valence-corrected chi connectivity index (χ0v) is 9.21. The van der Waals surface area contributed by atoms with Crippen LogP contribution in [0.4, 0.5) is 0 Å². The molecule has 0 unspecified atom stereocenters. The molecule has 72 valence electrons. The van der Waals surface area contributed by atoms with Gasteiger partial charge in [0.15, 0.2) is 0 Å². The quantitative estimate of drug-likeness (QED) is 0.855. The Balaban J connectivity index is 2.87. The van der Waals surface area contributed by atoms with Crippen LogP contribution in [-0.4, -0.2) is 11.7 Å². The van der Waals surface area contributed by atoms with Crippen molar-refractivity contribution in [1.29, 1.82) is 0 Å². The summed E-state index contributed by atoms with van der Waals surface area (Å²) in [6.45, 7) is 2.51. The van der Waals surface area contributed by atoms with Crippen LogP contribution in [0.2, 0.25) is 0 Å². The molecule has 1 rings (SSSR count). The molecule has 1 aromatic carbocycles. The molecule has 3 heteroatoms. The Hall–Kier alpha value is -0.380. The van der Waals surface area contributed by atoms with Crippen LogP contribution in [0.15, 0.2) is 22.7 Å². The summed E-state index contributed by atoms with van der Waals surface area (Å²) in [6, 6.07) is 5.91. The minimum Gasteiger partial charge on any atom is -0.388 e. The standard InChI is InChI=1S/C10H14BrNO/c1-7-4-8(6-9(11)5-7)10(13)2-3-12/h4-6,10,13H,2-3,12H2,1H3/t10-/m0/s1. The second-order valence-electron chi connectivity index (χ2n) is 3.16. The van der Waals surface area contributed by atoms with E-state index in [4.69, 9.17) is 5.73 Å². The lowest BCUT2D eigenvalue weighted by atomic mass is 10.0. The first-order chi connectivity index (χ1) is 6.13. The van der Waals surface area contributed by atoms with Gasteiger partial charge in [0.1, 0.15) is 0 Å². The third-order valence-electron chi connectivity index (χ3n) is 1.89. The molecule has 0 radical (unpaired) electrons. The van der Waals surface area contributed by atoms with Crippen molar-refractivity contribution < 1.29 is 5.11 Å². The van der Waals surface area contributed by atoms with Crippen molar-refractivity contribution in [3.8, 4) is 0 Å². The van der Waals surface area contributed by atoms with E-state index in [1.807, 2.05) is 25.1 Å². The molecule has 1 aromatic rings. The molecular formula is C10H14BrNO. The number of aryl methyl sites for hydroxylation is 1. The fourth-order valence-electron chi connectivity index (χ4n) is 1.28. The number of hydrogen-bond donors (Lipinski definition) is 2. The molecule has 3 N–H and O–H groups in total. The summed E-state index contributed by atoms with van der Waals surface area (Å²) in [6.07, 6.45) is 0.164. The minimum atomic E-state index is -0.443. The number of benzene rings is 1. The van der Waals surface area contributed by atoms with Crippen LogP contribution in [0.3, 0.4) is 0 Å². The smallest absolute Gasteiger partial charge is 0.0802 e. The van der Waals surface area contributed by atoms with Gasteiger partial charge in [-0.25, -0.2) is 0 Å². The Morgan fingerprint density at radius 2 is 2.15 bits per heavy atom. The van der Waals surface area contributed by atoms with Crippen LogP contribution in [0.1, 0.15) is 23.7 Å². The van der Waals surface area contributed by atoms with E-state index in [2.05, 4.69) is 15.9 Å². The summed E-state index contributed by atoms with van der Waals surface area (Å²) in [5, 5.41) is 9.67. The molecule has 13 heavy (non-hydrogen) atoms. The van der Waals surface area contributed by atoms with E-state index < -0.39 is 6.10 Å². The van der Waals surface area contributed by atoms with Crippen LogP contribution in [0.5, 0.6) is 0 Å². The SMILES string of the molecule is Cc1cc(Br)cc([C@@H](O)CCN)c1. The molecule has 0 spiro atoms. The number of aliphatic hydroxyl groups excluding tert-OH is 1. The van der Waals surface area contributed by atoms with Gasteiger partial charge in [0.05, 0.1) is 6.10 Å². The second-order valence-corrected chi connectivity index (χ2v) is 4.07. The van der Waals surface area contributed by atoms with E-state index in [9.17, 15) is 5.11 Å². The van der Waals surface area contributed by atoms with Crippen molar-refractivity contribution in [3.63, 3.8) is 0 Å². The molecule has 0 fully saturated rings. The Kier molecular flexibility index (Phi) is 3.90. The Bertz CT molecular complexity index is 268. The van der Waals surface area contributed by atoms with Gasteiger partial charge < -0.3 is 10.8 Å². The highest BCUT2D eigenvalue weighted by molar-refractivity contribution is 9.10. The zero-order chi connectivity index (χ0) is 9.84. The van der Waals surface area contributed by atoms with E-state index in [0.717, 1.165) is 15.6 Å². The third-order valence-corrected chi connectivity index (χ3v) is 2.35. The van der Waals surface area contributed by atoms with E-state index in [1.54, 1.807) is 0 Å². The number of hydrogen-bond acceptors (Lipinski definition) is 2. The van der Waals surface area contributed by atoms with Gasteiger partial charge in [0, 0.05) is 4.47 Å². The lowest BCUT2D eigenvalue weighted by molar-refractivity contribution is 0.170. The molecule has 0 aliphatic carbocycles. The van der Waals surface area contributed by atoms with Gasteiger partial charge in [-0.05, 0) is 43.1 Å². The van der Waals surface area contributed by atoms with Crippen LogP contribution in [0.25, 0.3) is 0 Å². The van der Waals surface area contributed by atoms with E-state index in [1.165, 1.54) is 0 Å². The maximum absolute atomic E-state index is 9.67. The maximum Gasteiger partial charge on any atom is 0.0802 e. The van der Waals surface area contributed by atoms with E-state index >= 15 is 0 Å².